The van der Waals surface area contributed by atoms with Gasteiger partial charge in [-0.2, -0.15) is 4.39 Å². The molecule has 0 bridgehead atoms. The summed E-state index contributed by atoms with van der Waals surface area (Å²) in [4.78, 5) is 12.3. The van der Waals surface area contributed by atoms with E-state index in [2.05, 4.69) is 31.2 Å². The van der Waals surface area contributed by atoms with Crippen LogP contribution >= 0.6 is 0 Å². The van der Waals surface area contributed by atoms with Crippen molar-refractivity contribution in [2.24, 2.45) is 5.92 Å². The van der Waals surface area contributed by atoms with Crippen LogP contribution in [0, 0.1) is 11.7 Å². The minimum absolute atomic E-state index is 0.0288. The molecule has 2 aromatic rings. The number of halogens is 1. The number of esters is 1. The Hall–Kier alpha value is -2.36. The Bertz CT molecular complexity index is 768. The van der Waals surface area contributed by atoms with E-state index in [9.17, 15) is 9.18 Å². The van der Waals surface area contributed by atoms with Gasteiger partial charge < -0.3 is 9.47 Å². The molecular formula is C22H25FO3. The van der Waals surface area contributed by atoms with Crippen molar-refractivity contribution in [1.29, 1.82) is 0 Å². The van der Waals surface area contributed by atoms with Crippen molar-refractivity contribution in [2.45, 2.75) is 46.0 Å². The van der Waals surface area contributed by atoms with Crippen LogP contribution in [0.5, 0.6) is 11.5 Å². The average Bonchev–Trinajstić information content (AvgIpc) is 2.65. The SMILES string of the molecule is CCCc1ccc(CCC2Cc3ccc(OCC)c(F)c3OC2=O)cc1. The summed E-state index contributed by atoms with van der Waals surface area (Å²) in [6.07, 6.45) is 4.22. The fourth-order valence-electron chi connectivity index (χ4n) is 3.37. The molecule has 0 aromatic heterocycles. The molecule has 1 aliphatic heterocycles. The van der Waals surface area contributed by atoms with Crippen molar-refractivity contribution in [3.05, 3.63) is 58.9 Å². The normalized spacial score (nSPS) is 16.1. The average molecular weight is 356 g/mol. The number of carbonyl (C=O) groups excluding carboxylic acids is 1. The van der Waals surface area contributed by atoms with Gasteiger partial charge in [0.15, 0.2) is 11.5 Å². The second kappa shape index (κ2) is 8.35. The summed E-state index contributed by atoms with van der Waals surface area (Å²) >= 11 is 0. The molecule has 0 aliphatic carbocycles. The minimum atomic E-state index is -0.581. The summed E-state index contributed by atoms with van der Waals surface area (Å²) < 4.78 is 24.9. The van der Waals surface area contributed by atoms with Crippen molar-refractivity contribution >= 4 is 5.97 Å². The topological polar surface area (TPSA) is 35.5 Å². The largest absolute Gasteiger partial charge is 0.491 e. The molecule has 3 nitrogen and oxygen atoms in total. The molecule has 0 saturated heterocycles. The number of hydrogen-bond acceptors (Lipinski definition) is 3. The van der Waals surface area contributed by atoms with Crippen molar-refractivity contribution < 1.29 is 18.7 Å². The lowest BCUT2D eigenvalue weighted by molar-refractivity contribution is -0.140. The monoisotopic (exact) mass is 356 g/mol. The van der Waals surface area contributed by atoms with E-state index in [1.165, 1.54) is 11.1 Å². The first-order valence-corrected chi connectivity index (χ1v) is 9.36. The van der Waals surface area contributed by atoms with Crippen LogP contribution < -0.4 is 9.47 Å². The summed E-state index contributed by atoms with van der Waals surface area (Å²) in [5.41, 5.74) is 3.28. The number of fused-ring (bicyclic) bond motifs is 1. The third-order valence-electron chi connectivity index (χ3n) is 4.79. The second-order valence-electron chi connectivity index (χ2n) is 6.73. The van der Waals surface area contributed by atoms with Crippen LogP contribution in [0.15, 0.2) is 36.4 Å². The Labute approximate surface area is 154 Å². The van der Waals surface area contributed by atoms with E-state index in [4.69, 9.17) is 9.47 Å². The summed E-state index contributed by atoms with van der Waals surface area (Å²) in [5.74, 6) is -1.02. The van der Waals surface area contributed by atoms with Gasteiger partial charge in [0.2, 0.25) is 5.82 Å². The second-order valence-corrected chi connectivity index (χ2v) is 6.73. The molecule has 1 atom stereocenters. The lowest BCUT2D eigenvalue weighted by atomic mass is 9.90. The zero-order chi connectivity index (χ0) is 18.5. The van der Waals surface area contributed by atoms with Crippen LogP contribution in [0.2, 0.25) is 0 Å². The third kappa shape index (κ3) is 4.06. The Balaban J connectivity index is 1.66. The highest BCUT2D eigenvalue weighted by Crippen LogP contribution is 2.36. The van der Waals surface area contributed by atoms with Crippen LogP contribution in [0.3, 0.4) is 0 Å². The molecule has 0 amide bonds. The van der Waals surface area contributed by atoms with Crippen molar-refractivity contribution in [2.75, 3.05) is 6.61 Å². The molecule has 1 heterocycles. The number of aryl methyl sites for hydroxylation is 2. The quantitative estimate of drug-likeness (QED) is 0.523. The summed E-state index contributed by atoms with van der Waals surface area (Å²) in [6, 6.07) is 12.0. The summed E-state index contributed by atoms with van der Waals surface area (Å²) in [6.45, 7) is 4.32. The maximum absolute atomic E-state index is 14.4. The van der Waals surface area contributed by atoms with Crippen LogP contribution in [-0.4, -0.2) is 12.6 Å². The van der Waals surface area contributed by atoms with Gasteiger partial charge in [0.1, 0.15) is 0 Å². The molecule has 4 heteroatoms. The highest BCUT2D eigenvalue weighted by atomic mass is 19.1. The van der Waals surface area contributed by atoms with Gasteiger partial charge in [-0.05, 0) is 55.4 Å². The molecule has 2 aromatic carbocycles. The molecule has 0 spiro atoms. The lowest BCUT2D eigenvalue weighted by Gasteiger charge is -2.24. The van der Waals surface area contributed by atoms with E-state index in [1.54, 1.807) is 19.1 Å². The first kappa shape index (κ1) is 18.4. The van der Waals surface area contributed by atoms with Gasteiger partial charge in [-0.1, -0.05) is 43.7 Å². The smallest absolute Gasteiger partial charge is 0.314 e. The van der Waals surface area contributed by atoms with Crippen molar-refractivity contribution in [3.8, 4) is 11.5 Å². The number of carbonyl (C=O) groups is 1. The lowest BCUT2D eigenvalue weighted by Crippen LogP contribution is -2.28. The number of hydrogen-bond donors (Lipinski definition) is 0. The first-order valence-electron chi connectivity index (χ1n) is 9.36. The zero-order valence-corrected chi connectivity index (χ0v) is 15.4. The van der Waals surface area contributed by atoms with E-state index >= 15 is 0 Å². The molecular weight excluding hydrogens is 331 g/mol. The molecule has 138 valence electrons. The van der Waals surface area contributed by atoms with Gasteiger partial charge in [-0.25, -0.2) is 0 Å². The fourth-order valence-corrected chi connectivity index (χ4v) is 3.37. The summed E-state index contributed by atoms with van der Waals surface area (Å²) in [5, 5.41) is 0. The van der Waals surface area contributed by atoms with E-state index in [-0.39, 0.29) is 23.4 Å². The van der Waals surface area contributed by atoms with Gasteiger partial charge >= 0.3 is 5.97 Å². The number of rotatable bonds is 7. The standard InChI is InChI=1S/C22H25FO3/c1-3-5-15-6-8-16(9-7-15)10-11-18-14-17-12-13-19(25-4-2)20(23)21(17)26-22(18)24/h6-9,12-13,18H,3-5,10-11,14H2,1-2H3. The van der Waals surface area contributed by atoms with Crippen molar-refractivity contribution in [3.63, 3.8) is 0 Å². The molecule has 0 fully saturated rings. The molecule has 0 radical (unpaired) electrons. The number of benzene rings is 2. The Morgan fingerprint density at radius 2 is 1.77 bits per heavy atom. The maximum atomic E-state index is 14.4. The van der Waals surface area contributed by atoms with E-state index in [0.717, 1.165) is 24.8 Å². The molecule has 1 unspecified atom stereocenters. The van der Waals surface area contributed by atoms with Crippen molar-refractivity contribution in [1.82, 2.24) is 0 Å². The fraction of sp³-hybridized carbons (Fsp3) is 0.409. The highest BCUT2D eigenvalue weighted by Gasteiger charge is 2.31. The first-order chi connectivity index (χ1) is 12.6. The molecule has 3 rings (SSSR count). The van der Waals surface area contributed by atoms with Crippen LogP contribution in [0.1, 0.15) is 43.4 Å². The van der Waals surface area contributed by atoms with E-state index < -0.39 is 5.82 Å². The van der Waals surface area contributed by atoms with Gasteiger partial charge in [-0.3, -0.25) is 4.79 Å². The molecule has 0 N–H and O–H groups in total. The van der Waals surface area contributed by atoms with Crippen LogP contribution in [-0.2, 0) is 24.1 Å². The Morgan fingerprint density at radius 3 is 2.42 bits per heavy atom. The maximum Gasteiger partial charge on any atom is 0.314 e. The molecule has 26 heavy (non-hydrogen) atoms. The molecule has 0 saturated carbocycles. The van der Waals surface area contributed by atoms with Gasteiger partial charge in [0.05, 0.1) is 12.5 Å². The zero-order valence-electron chi connectivity index (χ0n) is 15.4. The minimum Gasteiger partial charge on any atom is -0.491 e. The third-order valence-corrected chi connectivity index (χ3v) is 4.79. The van der Waals surface area contributed by atoms with Gasteiger partial charge in [-0.15, -0.1) is 0 Å². The van der Waals surface area contributed by atoms with Crippen LogP contribution in [0.25, 0.3) is 0 Å². The molecule has 1 aliphatic rings. The predicted octanol–water partition coefficient (Wildman–Crippen LogP) is 4.89. The Morgan fingerprint density at radius 1 is 1.08 bits per heavy atom. The van der Waals surface area contributed by atoms with Gasteiger partial charge in [0, 0.05) is 0 Å². The Kier molecular flexibility index (Phi) is 5.92. The number of ether oxygens (including phenoxy) is 2. The highest BCUT2D eigenvalue weighted by molar-refractivity contribution is 5.78. The van der Waals surface area contributed by atoms with E-state index in [0.29, 0.717) is 19.4 Å². The predicted molar refractivity (Wildman–Crippen MR) is 99.2 cm³/mol. The summed E-state index contributed by atoms with van der Waals surface area (Å²) in [7, 11) is 0. The van der Waals surface area contributed by atoms with E-state index in [1.807, 2.05) is 0 Å². The van der Waals surface area contributed by atoms with Gasteiger partial charge in [0.25, 0.3) is 0 Å². The van der Waals surface area contributed by atoms with Crippen LogP contribution in [0.4, 0.5) is 4.39 Å².